The van der Waals surface area contributed by atoms with Crippen molar-refractivity contribution in [3.05, 3.63) is 72.2 Å². The molecule has 3 heterocycles. The van der Waals surface area contributed by atoms with Gasteiger partial charge in [0.2, 0.25) is 11.9 Å². The first-order valence-corrected chi connectivity index (χ1v) is 11.3. The molecule has 1 aliphatic rings. The summed E-state index contributed by atoms with van der Waals surface area (Å²) < 4.78 is 54.6. The number of rotatable bonds is 7. The number of ether oxygens (including phenoxy) is 2. The van der Waals surface area contributed by atoms with Crippen molar-refractivity contribution in [3.63, 3.8) is 0 Å². The molecule has 0 spiro atoms. The van der Waals surface area contributed by atoms with Crippen LogP contribution in [0.1, 0.15) is 24.4 Å². The number of imidazole rings is 1. The minimum atomic E-state index is -1.06. The maximum Gasteiger partial charge on any atom is 0.229 e. The van der Waals surface area contributed by atoms with Crippen molar-refractivity contribution in [3.8, 4) is 0 Å². The number of hydrogen-bond acceptors (Lipinski definition) is 7. The molecule has 0 atom stereocenters. The Kier molecular flexibility index (Phi) is 6.47. The highest BCUT2D eigenvalue weighted by atomic mass is 19.1. The van der Waals surface area contributed by atoms with E-state index in [1.807, 2.05) is 24.3 Å². The van der Waals surface area contributed by atoms with E-state index in [2.05, 4.69) is 32.2 Å². The summed E-state index contributed by atoms with van der Waals surface area (Å²) in [5.74, 6) is -2.09. The van der Waals surface area contributed by atoms with Gasteiger partial charge in [-0.15, -0.1) is 0 Å². The van der Waals surface area contributed by atoms with Crippen LogP contribution in [-0.4, -0.2) is 39.8 Å². The van der Waals surface area contributed by atoms with Crippen molar-refractivity contribution in [2.24, 2.45) is 0 Å². The van der Waals surface area contributed by atoms with Gasteiger partial charge in [-0.1, -0.05) is 6.58 Å². The minimum absolute atomic E-state index is 0.0834. The topological polar surface area (TPSA) is 86.1 Å². The first kappa shape index (κ1) is 23.6. The van der Waals surface area contributed by atoms with Crippen molar-refractivity contribution in [1.82, 2.24) is 19.5 Å². The summed E-state index contributed by atoms with van der Waals surface area (Å²) in [7, 11) is 1.56. The fourth-order valence-corrected chi connectivity index (χ4v) is 4.09. The number of benzene rings is 2. The molecule has 4 aromatic rings. The average Bonchev–Trinajstić information content (AvgIpc) is 3.24. The van der Waals surface area contributed by atoms with Gasteiger partial charge in [0.1, 0.15) is 22.8 Å². The SMILES string of the molecule is C=C(OC)c1ccc(Nc2ncc3nc(Nc4c(F)cc(F)cc4F)n(C4CCOCC4)c3n2)cc1. The monoisotopic (exact) mass is 496 g/mol. The lowest BCUT2D eigenvalue weighted by Crippen LogP contribution is -2.21. The Hall–Kier alpha value is -4.12. The van der Waals surface area contributed by atoms with Crippen LogP contribution in [0.25, 0.3) is 16.9 Å². The fourth-order valence-electron chi connectivity index (χ4n) is 4.09. The lowest BCUT2D eigenvalue weighted by atomic mass is 10.1. The second-order valence-electron chi connectivity index (χ2n) is 8.25. The summed E-state index contributed by atoms with van der Waals surface area (Å²) in [5, 5.41) is 5.85. The van der Waals surface area contributed by atoms with Crippen LogP contribution in [0, 0.1) is 17.5 Å². The van der Waals surface area contributed by atoms with Gasteiger partial charge in [0.15, 0.2) is 17.3 Å². The minimum Gasteiger partial charge on any atom is -0.497 e. The van der Waals surface area contributed by atoms with Gasteiger partial charge in [-0.3, -0.25) is 4.57 Å². The Morgan fingerprint density at radius 2 is 1.75 bits per heavy atom. The smallest absolute Gasteiger partial charge is 0.229 e. The highest BCUT2D eigenvalue weighted by Crippen LogP contribution is 2.33. The van der Waals surface area contributed by atoms with Crippen LogP contribution >= 0.6 is 0 Å². The molecule has 0 saturated carbocycles. The zero-order valence-electron chi connectivity index (χ0n) is 19.4. The molecule has 8 nitrogen and oxygen atoms in total. The molecule has 2 aromatic carbocycles. The number of halogens is 3. The van der Waals surface area contributed by atoms with E-state index in [4.69, 9.17) is 9.47 Å². The van der Waals surface area contributed by atoms with E-state index < -0.39 is 23.1 Å². The predicted molar refractivity (Wildman–Crippen MR) is 130 cm³/mol. The van der Waals surface area contributed by atoms with Gasteiger partial charge < -0.3 is 20.1 Å². The highest BCUT2D eigenvalue weighted by Gasteiger charge is 2.25. The van der Waals surface area contributed by atoms with Crippen LogP contribution in [-0.2, 0) is 9.47 Å². The van der Waals surface area contributed by atoms with Gasteiger partial charge in [-0.2, -0.15) is 4.98 Å². The Morgan fingerprint density at radius 1 is 1.06 bits per heavy atom. The fraction of sp³-hybridized carbons (Fsp3) is 0.240. The Labute approximate surface area is 204 Å². The Bertz CT molecular complexity index is 1390. The molecule has 0 unspecified atom stereocenters. The number of methoxy groups -OCH3 is 1. The zero-order chi connectivity index (χ0) is 25.2. The lowest BCUT2D eigenvalue weighted by Gasteiger charge is -2.25. The van der Waals surface area contributed by atoms with E-state index in [1.165, 1.54) is 6.20 Å². The molecule has 0 amide bonds. The molecule has 0 aliphatic carbocycles. The predicted octanol–water partition coefficient (Wildman–Crippen LogP) is 5.70. The maximum atomic E-state index is 14.4. The van der Waals surface area contributed by atoms with Gasteiger partial charge in [-0.25, -0.2) is 23.1 Å². The molecule has 36 heavy (non-hydrogen) atoms. The second kappa shape index (κ2) is 9.86. The van der Waals surface area contributed by atoms with Crippen LogP contribution < -0.4 is 10.6 Å². The second-order valence-corrected chi connectivity index (χ2v) is 8.25. The summed E-state index contributed by atoms with van der Waals surface area (Å²) in [6, 6.07) is 8.54. The maximum absolute atomic E-state index is 14.4. The molecular weight excluding hydrogens is 473 g/mol. The van der Waals surface area contributed by atoms with Crippen LogP contribution in [0.2, 0.25) is 0 Å². The molecule has 0 bridgehead atoms. The van der Waals surface area contributed by atoms with Crippen molar-refractivity contribution < 1.29 is 22.6 Å². The van der Waals surface area contributed by atoms with Crippen LogP contribution in [0.3, 0.4) is 0 Å². The Morgan fingerprint density at radius 3 is 2.42 bits per heavy atom. The first-order valence-electron chi connectivity index (χ1n) is 11.3. The number of nitrogens with one attached hydrogen (secondary N) is 2. The van der Waals surface area contributed by atoms with E-state index >= 15 is 0 Å². The van der Waals surface area contributed by atoms with Gasteiger partial charge in [-0.05, 0) is 37.1 Å². The molecular formula is C25H23F3N6O2. The summed E-state index contributed by atoms with van der Waals surface area (Å²) in [4.78, 5) is 13.5. The summed E-state index contributed by atoms with van der Waals surface area (Å²) in [6.07, 6.45) is 2.85. The third-order valence-electron chi connectivity index (χ3n) is 5.94. The molecule has 1 aliphatic heterocycles. The third-order valence-corrected chi connectivity index (χ3v) is 5.94. The largest absolute Gasteiger partial charge is 0.497 e. The van der Waals surface area contributed by atoms with Crippen molar-refractivity contribution in [1.29, 1.82) is 0 Å². The molecule has 1 saturated heterocycles. The van der Waals surface area contributed by atoms with Crippen molar-refractivity contribution in [2.45, 2.75) is 18.9 Å². The average molecular weight is 496 g/mol. The van der Waals surface area contributed by atoms with E-state index in [9.17, 15) is 13.2 Å². The number of anilines is 4. The van der Waals surface area contributed by atoms with Crippen LogP contribution in [0.5, 0.6) is 0 Å². The molecule has 11 heteroatoms. The Balaban J connectivity index is 1.52. The van der Waals surface area contributed by atoms with E-state index in [0.717, 1.165) is 11.3 Å². The van der Waals surface area contributed by atoms with Gasteiger partial charge in [0.25, 0.3) is 0 Å². The normalized spacial score (nSPS) is 14.1. The van der Waals surface area contributed by atoms with Crippen molar-refractivity contribution in [2.75, 3.05) is 31.0 Å². The summed E-state index contributed by atoms with van der Waals surface area (Å²) in [6.45, 7) is 4.89. The first-order chi connectivity index (χ1) is 17.4. The number of hydrogen-bond donors (Lipinski definition) is 2. The van der Waals surface area contributed by atoms with Gasteiger partial charge in [0.05, 0.1) is 13.3 Å². The van der Waals surface area contributed by atoms with Gasteiger partial charge in [0, 0.05) is 42.6 Å². The van der Waals surface area contributed by atoms with Crippen molar-refractivity contribution >= 4 is 40.2 Å². The van der Waals surface area contributed by atoms with E-state index in [-0.39, 0.29) is 12.0 Å². The molecule has 0 radical (unpaired) electrons. The highest BCUT2D eigenvalue weighted by molar-refractivity contribution is 5.77. The molecule has 186 valence electrons. The standard InChI is InChI=1S/C25H23F3N6O2/c1-14(35-2)15-3-5-17(6-4-15)30-24-29-13-21-23(33-24)34(18-7-9-36-10-8-18)25(31-21)32-22-19(27)11-16(26)12-20(22)28/h3-6,11-13,18H,1,7-10H2,2H3,(H,31,32)(H,29,30,33). The zero-order valence-corrected chi connectivity index (χ0v) is 19.4. The third kappa shape index (κ3) is 4.69. The summed E-state index contributed by atoms with van der Waals surface area (Å²) >= 11 is 0. The quantitative estimate of drug-likeness (QED) is 0.318. The lowest BCUT2D eigenvalue weighted by molar-refractivity contribution is 0.0710. The van der Waals surface area contributed by atoms with E-state index in [0.29, 0.717) is 61.1 Å². The van der Waals surface area contributed by atoms with Gasteiger partial charge >= 0.3 is 0 Å². The van der Waals surface area contributed by atoms with Crippen LogP contribution in [0.4, 0.5) is 36.4 Å². The number of fused-ring (bicyclic) bond motifs is 1. The number of aromatic nitrogens is 4. The molecule has 2 N–H and O–H groups in total. The molecule has 5 rings (SSSR count). The number of nitrogens with zero attached hydrogens (tertiary/aromatic N) is 4. The molecule has 2 aromatic heterocycles. The summed E-state index contributed by atoms with van der Waals surface area (Å²) in [5.41, 5.74) is 2.00. The van der Waals surface area contributed by atoms with E-state index in [1.54, 1.807) is 11.7 Å². The molecule has 1 fully saturated rings. The van der Waals surface area contributed by atoms with Crippen LogP contribution in [0.15, 0.2) is 49.2 Å².